The van der Waals surface area contributed by atoms with Gasteiger partial charge in [0, 0.05) is 25.3 Å². The molecule has 0 saturated heterocycles. The van der Waals surface area contributed by atoms with E-state index in [-0.39, 0.29) is 5.91 Å². The molecule has 114 valence electrons. The Bertz CT molecular complexity index is 688. The number of benzene rings is 2. The summed E-state index contributed by atoms with van der Waals surface area (Å²) in [4.78, 5) is 14.0. The van der Waals surface area contributed by atoms with Crippen molar-refractivity contribution in [1.82, 2.24) is 5.43 Å². The highest BCUT2D eigenvalue weighted by Crippen LogP contribution is 2.11. The first-order valence-corrected chi connectivity index (χ1v) is 7.15. The van der Waals surface area contributed by atoms with E-state index >= 15 is 0 Å². The molecular weight excluding hydrogens is 274 g/mol. The van der Waals surface area contributed by atoms with E-state index in [4.69, 9.17) is 0 Å². The van der Waals surface area contributed by atoms with Gasteiger partial charge in [0.05, 0.1) is 6.21 Å². The molecule has 1 N–H and O–H groups in total. The zero-order valence-corrected chi connectivity index (χ0v) is 13.4. The number of anilines is 1. The van der Waals surface area contributed by atoms with Crippen molar-refractivity contribution in [3.63, 3.8) is 0 Å². The first-order chi connectivity index (χ1) is 10.5. The van der Waals surface area contributed by atoms with Gasteiger partial charge in [-0.1, -0.05) is 18.2 Å². The van der Waals surface area contributed by atoms with E-state index in [9.17, 15) is 4.79 Å². The summed E-state index contributed by atoms with van der Waals surface area (Å²) in [5.74, 6) is -0.204. The lowest BCUT2D eigenvalue weighted by molar-refractivity contribution is 0.0955. The van der Waals surface area contributed by atoms with Gasteiger partial charge in [-0.15, -0.1) is 0 Å². The molecule has 0 aliphatic carbocycles. The third kappa shape index (κ3) is 3.95. The van der Waals surface area contributed by atoms with Gasteiger partial charge in [0.25, 0.3) is 5.91 Å². The Morgan fingerprint density at radius 3 is 2.32 bits per heavy atom. The second-order valence-corrected chi connectivity index (χ2v) is 5.48. The van der Waals surface area contributed by atoms with Crippen LogP contribution in [0.3, 0.4) is 0 Å². The van der Waals surface area contributed by atoms with Crippen molar-refractivity contribution < 1.29 is 4.79 Å². The second kappa shape index (κ2) is 6.89. The lowest BCUT2D eigenvalue weighted by Gasteiger charge is -2.11. The molecular formula is C18H21N3O. The molecule has 22 heavy (non-hydrogen) atoms. The quantitative estimate of drug-likeness (QED) is 0.695. The van der Waals surface area contributed by atoms with E-state index in [1.54, 1.807) is 12.3 Å². The Morgan fingerprint density at radius 1 is 1.05 bits per heavy atom. The maximum atomic E-state index is 12.0. The standard InChI is InChI=1S/C18H21N3O/c1-13-5-8-16(11-14(13)2)18(22)20-19-12-15-6-9-17(10-7-15)21(3)4/h5-12H,1-4H3,(H,20,22)/b19-12+. The largest absolute Gasteiger partial charge is 0.378 e. The minimum Gasteiger partial charge on any atom is -0.378 e. The number of aryl methyl sites for hydroxylation is 2. The van der Waals surface area contributed by atoms with Crippen molar-refractivity contribution in [1.29, 1.82) is 0 Å². The maximum absolute atomic E-state index is 12.0. The summed E-state index contributed by atoms with van der Waals surface area (Å²) in [5, 5.41) is 4.01. The fraction of sp³-hybridized carbons (Fsp3) is 0.222. The molecule has 1 amide bonds. The zero-order valence-electron chi connectivity index (χ0n) is 13.4. The van der Waals surface area contributed by atoms with Crippen molar-refractivity contribution in [2.45, 2.75) is 13.8 Å². The molecule has 2 rings (SSSR count). The summed E-state index contributed by atoms with van der Waals surface area (Å²) in [6.45, 7) is 4.01. The van der Waals surface area contributed by atoms with Gasteiger partial charge in [-0.2, -0.15) is 5.10 Å². The Kier molecular flexibility index (Phi) is 4.94. The van der Waals surface area contributed by atoms with Crippen LogP contribution in [-0.2, 0) is 0 Å². The predicted molar refractivity (Wildman–Crippen MR) is 91.7 cm³/mol. The van der Waals surface area contributed by atoms with Crippen molar-refractivity contribution in [2.24, 2.45) is 5.10 Å². The van der Waals surface area contributed by atoms with Crippen molar-refractivity contribution in [2.75, 3.05) is 19.0 Å². The van der Waals surface area contributed by atoms with Crippen LogP contribution in [0.2, 0.25) is 0 Å². The molecule has 0 fully saturated rings. The SMILES string of the molecule is Cc1ccc(C(=O)N/N=C/c2ccc(N(C)C)cc2)cc1C. The van der Waals surface area contributed by atoms with Crippen LogP contribution in [0.4, 0.5) is 5.69 Å². The van der Waals surface area contributed by atoms with Gasteiger partial charge in [0.15, 0.2) is 0 Å². The highest BCUT2D eigenvalue weighted by molar-refractivity contribution is 5.95. The van der Waals surface area contributed by atoms with Crippen molar-refractivity contribution in [3.8, 4) is 0 Å². The topological polar surface area (TPSA) is 44.7 Å². The number of hydrogen-bond donors (Lipinski definition) is 1. The van der Waals surface area contributed by atoms with Gasteiger partial charge < -0.3 is 4.90 Å². The number of nitrogens with one attached hydrogen (secondary N) is 1. The van der Waals surface area contributed by atoms with Crippen molar-refractivity contribution in [3.05, 3.63) is 64.7 Å². The molecule has 0 aliphatic rings. The van der Waals surface area contributed by atoms with Crippen LogP contribution < -0.4 is 10.3 Å². The average molecular weight is 295 g/mol. The van der Waals surface area contributed by atoms with E-state index < -0.39 is 0 Å². The normalized spacial score (nSPS) is 10.7. The molecule has 2 aromatic rings. The van der Waals surface area contributed by atoms with Crippen LogP contribution in [0.25, 0.3) is 0 Å². The second-order valence-electron chi connectivity index (χ2n) is 5.48. The molecule has 0 atom stereocenters. The third-order valence-corrected chi connectivity index (χ3v) is 3.56. The maximum Gasteiger partial charge on any atom is 0.271 e. The number of hydrogen-bond acceptors (Lipinski definition) is 3. The molecule has 2 aromatic carbocycles. The summed E-state index contributed by atoms with van der Waals surface area (Å²) in [7, 11) is 3.99. The highest BCUT2D eigenvalue weighted by Gasteiger charge is 2.05. The Balaban J connectivity index is 1.99. The number of amides is 1. The van der Waals surface area contributed by atoms with Gasteiger partial charge in [-0.05, 0) is 54.8 Å². The molecule has 0 aromatic heterocycles. The van der Waals surface area contributed by atoms with Crippen LogP contribution >= 0.6 is 0 Å². The minimum absolute atomic E-state index is 0.204. The molecule has 0 aliphatic heterocycles. The molecule has 0 radical (unpaired) electrons. The van der Waals surface area contributed by atoms with Crippen LogP contribution in [0.5, 0.6) is 0 Å². The summed E-state index contributed by atoms with van der Waals surface area (Å²) in [5.41, 5.74) is 7.48. The molecule has 4 nitrogen and oxygen atoms in total. The van der Waals surface area contributed by atoms with Gasteiger partial charge in [-0.25, -0.2) is 5.43 Å². The van der Waals surface area contributed by atoms with Gasteiger partial charge >= 0.3 is 0 Å². The first kappa shape index (κ1) is 15.8. The number of carbonyl (C=O) groups is 1. The predicted octanol–water partition coefficient (Wildman–Crippen LogP) is 3.13. The average Bonchev–Trinajstić information content (AvgIpc) is 2.50. The summed E-state index contributed by atoms with van der Waals surface area (Å²) >= 11 is 0. The molecule has 0 heterocycles. The number of rotatable bonds is 4. The number of hydrazone groups is 1. The number of nitrogens with zero attached hydrogens (tertiary/aromatic N) is 2. The van der Waals surface area contributed by atoms with Crippen LogP contribution in [-0.4, -0.2) is 26.2 Å². The Morgan fingerprint density at radius 2 is 1.73 bits per heavy atom. The monoisotopic (exact) mass is 295 g/mol. The molecule has 0 saturated carbocycles. The number of carbonyl (C=O) groups excluding carboxylic acids is 1. The van der Waals surface area contributed by atoms with Crippen LogP contribution in [0, 0.1) is 13.8 Å². The van der Waals surface area contributed by atoms with Crippen molar-refractivity contribution >= 4 is 17.8 Å². The van der Waals surface area contributed by atoms with E-state index in [1.165, 1.54) is 5.56 Å². The Labute approximate surface area is 131 Å². The van der Waals surface area contributed by atoms with E-state index in [2.05, 4.69) is 10.5 Å². The summed E-state index contributed by atoms with van der Waals surface area (Å²) in [6.07, 6.45) is 1.64. The van der Waals surface area contributed by atoms with Gasteiger partial charge in [0.1, 0.15) is 0 Å². The fourth-order valence-electron chi connectivity index (χ4n) is 1.97. The summed E-state index contributed by atoms with van der Waals surface area (Å²) in [6, 6.07) is 13.5. The summed E-state index contributed by atoms with van der Waals surface area (Å²) < 4.78 is 0. The smallest absolute Gasteiger partial charge is 0.271 e. The van der Waals surface area contributed by atoms with Crippen LogP contribution in [0.15, 0.2) is 47.6 Å². The van der Waals surface area contributed by atoms with E-state index in [0.717, 1.165) is 16.8 Å². The van der Waals surface area contributed by atoms with Gasteiger partial charge in [-0.3, -0.25) is 4.79 Å². The molecule has 0 bridgehead atoms. The van der Waals surface area contributed by atoms with Gasteiger partial charge in [0.2, 0.25) is 0 Å². The van der Waals surface area contributed by atoms with E-state index in [0.29, 0.717) is 5.56 Å². The highest BCUT2D eigenvalue weighted by atomic mass is 16.2. The molecule has 0 spiro atoms. The third-order valence-electron chi connectivity index (χ3n) is 3.56. The first-order valence-electron chi connectivity index (χ1n) is 7.15. The van der Waals surface area contributed by atoms with Crippen LogP contribution in [0.1, 0.15) is 27.0 Å². The minimum atomic E-state index is -0.204. The molecule has 4 heteroatoms. The lowest BCUT2D eigenvalue weighted by Crippen LogP contribution is -2.17. The fourth-order valence-corrected chi connectivity index (χ4v) is 1.97. The Hall–Kier alpha value is -2.62. The zero-order chi connectivity index (χ0) is 16.1. The van der Waals surface area contributed by atoms with E-state index in [1.807, 2.05) is 69.2 Å². The lowest BCUT2D eigenvalue weighted by atomic mass is 10.1. The molecule has 0 unspecified atom stereocenters.